The van der Waals surface area contributed by atoms with Crippen LogP contribution in [-0.2, 0) is 0 Å². The number of nitrogens with zero attached hydrogens (tertiary/aromatic N) is 1. The van der Waals surface area contributed by atoms with Crippen LogP contribution < -0.4 is 9.47 Å². The number of fused-ring (bicyclic) bond motifs is 2. The summed E-state index contributed by atoms with van der Waals surface area (Å²) in [5, 5.41) is 0. The van der Waals surface area contributed by atoms with Gasteiger partial charge >= 0.3 is 6.36 Å². The summed E-state index contributed by atoms with van der Waals surface area (Å²) >= 11 is 0. The first-order valence-electron chi connectivity index (χ1n) is 8.57. The Morgan fingerprint density at radius 2 is 1.96 bits per heavy atom. The number of hydrogen-bond donors (Lipinski definition) is 0. The maximum absolute atomic E-state index is 12.9. The molecule has 2 aliphatic rings. The Morgan fingerprint density at radius 1 is 1.20 bits per heavy atom. The minimum Gasteiger partial charge on any atom is -0.497 e. The molecule has 0 unspecified atom stereocenters. The molecule has 6 heteroatoms. The van der Waals surface area contributed by atoms with E-state index in [-0.39, 0.29) is 11.7 Å². The van der Waals surface area contributed by atoms with Crippen LogP contribution in [0.3, 0.4) is 0 Å². The summed E-state index contributed by atoms with van der Waals surface area (Å²) in [4.78, 5) is 2.10. The standard InChI is InChI=1S/C19H24F3NO2/c1-23(2)11-17-13-5-4-12(8-13)9-15(17)16-10-14(24-3)6-7-18(16)25-19(20,21)22/h6-7,9-10,12-13,17H,4-5,8,11H2,1-3H3/t12-,13-,17+/m1/s1. The van der Waals surface area contributed by atoms with E-state index in [0.717, 1.165) is 31.4 Å². The van der Waals surface area contributed by atoms with Gasteiger partial charge in [0, 0.05) is 12.1 Å². The third-order valence-electron chi connectivity index (χ3n) is 5.18. The second-order valence-electron chi connectivity index (χ2n) is 7.23. The van der Waals surface area contributed by atoms with Crippen molar-refractivity contribution in [3.05, 3.63) is 29.8 Å². The molecular weight excluding hydrogens is 331 g/mol. The molecule has 3 rings (SSSR count). The third-order valence-corrected chi connectivity index (χ3v) is 5.18. The number of rotatable bonds is 5. The number of methoxy groups -OCH3 is 1. The summed E-state index contributed by atoms with van der Waals surface area (Å²) in [5.41, 5.74) is 1.46. The van der Waals surface area contributed by atoms with Gasteiger partial charge in [0.1, 0.15) is 11.5 Å². The van der Waals surface area contributed by atoms with Crippen molar-refractivity contribution in [2.24, 2.45) is 17.8 Å². The highest BCUT2D eigenvalue weighted by molar-refractivity contribution is 5.75. The van der Waals surface area contributed by atoms with Crippen molar-refractivity contribution in [3.8, 4) is 11.5 Å². The van der Waals surface area contributed by atoms with Crippen LogP contribution in [0.1, 0.15) is 24.8 Å². The summed E-state index contributed by atoms with van der Waals surface area (Å²) in [5.74, 6) is 1.55. The molecule has 0 spiro atoms. The Labute approximate surface area is 146 Å². The van der Waals surface area contributed by atoms with Crippen molar-refractivity contribution >= 4 is 5.57 Å². The van der Waals surface area contributed by atoms with Crippen molar-refractivity contribution < 1.29 is 22.6 Å². The van der Waals surface area contributed by atoms with Gasteiger partial charge in [0.15, 0.2) is 0 Å². The molecule has 0 radical (unpaired) electrons. The van der Waals surface area contributed by atoms with E-state index in [4.69, 9.17) is 4.74 Å². The predicted octanol–water partition coefficient (Wildman–Crippen LogP) is 4.58. The van der Waals surface area contributed by atoms with Gasteiger partial charge in [-0.15, -0.1) is 13.2 Å². The van der Waals surface area contributed by atoms with Gasteiger partial charge < -0.3 is 14.4 Å². The van der Waals surface area contributed by atoms with Gasteiger partial charge in [0.2, 0.25) is 0 Å². The fraction of sp³-hybridized carbons (Fsp3) is 0.579. The van der Waals surface area contributed by atoms with Crippen molar-refractivity contribution in [3.63, 3.8) is 0 Å². The minimum absolute atomic E-state index is 0.149. The highest BCUT2D eigenvalue weighted by atomic mass is 19.4. The van der Waals surface area contributed by atoms with E-state index in [0.29, 0.717) is 23.1 Å². The van der Waals surface area contributed by atoms with Crippen molar-refractivity contribution in [2.45, 2.75) is 25.6 Å². The lowest BCUT2D eigenvalue weighted by Gasteiger charge is -2.33. The molecule has 0 amide bonds. The van der Waals surface area contributed by atoms with Gasteiger partial charge in [0.25, 0.3) is 0 Å². The first-order valence-corrected chi connectivity index (χ1v) is 8.57. The molecule has 2 bridgehead atoms. The first-order chi connectivity index (χ1) is 11.8. The SMILES string of the molecule is COc1ccc(OC(F)(F)F)c(C2=C[C@@H]3CC[C@H](C3)[C@@H]2CN(C)C)c1. The van der Waals surface area contributed by atoms with Crippen LogP contribution >= 0.6 is 0 Å². The number of allylic oxidation sites excluding steroid dienone is 1. The van der Waals surface area contributed by atoms with Crippen LogP contribution in [-0.4, -0.2) is 39.0 Å². The second-order valence-corrected chi connectivity index (χ2v) is 7.23. The second kappa shape index (κ2) is 6.90. The van der Waals surface area contributed by atoms with Gasteiger partial charge in [-0.3, -0.25) is 0 Å². The zero-order valence-electron chi connectivity index (χ0n) is 14.8. The largest absolute Gasteiger partial charge is 0.573 e. The zero-order chi connectivity index (χ0) is 18.2. The molecule has 0 N–H and O–H groups in total. The van der Waals surface area contributed by atoms with E-state index in [1.54, 1.807) is 6.07 Å². The Balaban J connectivity index is 2.05. The highest BCUT2D eigenvalue weighted by Crippen LogP contribution is 2.50. The lowest BCUT2D eigenvalue weighted by molar-refractivity contribution is -0.274. The molecule has 138 valence electrons. The quantitative estimate of drug-likeness (QED) is 0.771. The molecule has 0 heterocycles. The minimum atomic E-state index is -4.71. The van der Waals surface area contributed by atoms with Crippen molar-refractivity contribution in [1.29, 1.82) is 0 Å². The van der Waals surface area contributed by atoms with Crippen LogP contribution in [0.4, 0.5) is 13.2 Å². The van der Waals surface area contributed by atoms with Crippen LogP contribution in [0.15, 0.2) is 24.3 Å². The van der Waals surface area contributed by atoms with E-state index in [1.807, 2.05) is 14.1 Å². The summed E-state index contributed by atoms with van der Waals surface area (Å²) in [7, 11) is 5.51. The van der Waals surface area contributed by atoms with Gasteiger partial charge in [-0.05, 0) is 74.9 Å². The topological polar surface area (TPSA) is 21.7 Å². The third kappa shape index (κ3) is 4.11. The molecular formula is C19H24F3NO2. The average Bonchev–Trinajstić information content (AvgIpc) is 2.92. The molecule has 1 fully saturated rings. The molecule has 0 aliphatic heterocycles. The van der Waals surface area contributed by atoms with E-state index < -0.39 is 6.36 Å². The highest BCUT2D eigenvalue weighted by Gasteiger charge is 2.39. The van der Waals surface area contributed by atoms with Crippen LogP contribution in [0.5, 0.6) is 11.5 Å². The van der Waals surface area contributed by atoms with Gasteiger partial charge in [-0.2, -0.15) is 0 Å². The molecule has 3 atom stereocenters. The average molecular weight is 355 g/mol. The molecule has 3 nitrogen and oxygen atoms in total. The smallest absolute Gasteiger partial charge is 0.497 e. The molecule has 0 saturated heterocycles. The van der Waals surface area contributed by atoms with Gasteiger partial charge in [0.05, 0.1) is 7.11 Å². The Morgan fingerprint density at radius 3 is 2.60 bits per heavy atom. The van der Waals surface area contributed by atoms with E-state index in [1.165, 1.54) is 19.2 Å². The monoisotopic (exact) mass is 355 g/mol. The predicted molar refractivity (Wildman–Crippen MR) is 90.5 cm³/mol. The summed E-state index contributed by atoms with van der Waals surface area (Å²) in [6.07, 6.45) is 0.811. The van der Waals surface area contributed by atoms with E-state index in [2.05, 4.69) is 15.7 Å². The van der Waals surface area contributed by atoms with Crippen LogP contribution in [0.25, 0.3) is 5.57 Å². The molecule has 1 saturated carbocycles. The van der Waals surface area contributed by atoms with E-state index >= 15 is 0 Å². The molecule has 2 aliphatic carbocycles. The maximum atomic E-state index is 12.9. The van der Waals surface area contributed by atoms with Crippen LogP contribution in [0, 0.1) is 17.8 Å². The zero-order valence-corrected chi connectivity index (χ0v) is 14.8. The first kappa shape index (κ1) is 18.1. The van der Waals surface area contributed by atoms with Crippen molar-refractivity contribution in [1.82, 2.24) is 4.90 Å². The number of alkyl halides is 3. The lowest BCUT2D eigenvalue weighted by atomic mass is 9.76. The summed E-state index contributed by atoms with van der Waals surface area (Å²) < 4.78 is 48.2. The fourth-order valence-corrected chi connectivity index (χ4v) is 4.21. The normalized spacial score (nSPS) is 25.9. The van der Waals surface area contributed by atoms with Gasteiger partial charge in [-0.25, -0.2) is 0 Å². The molecule has 25 heavy (non-hydrogen) atoms. The Kier molecular flexibility index (Phi) is 5.00. The lowest BCUT2D eigenvalue weighted by Crippen LogP contribution is -2.30. The number of benzene rings is 1. The molecule has 1 aromatic carbocycles. The summed E-state index contributed by atoms with van der Waals surface area (Å²) in [6, 6.07) is 4.52. The molecule has 1 aromatic rings. The maximum Gasteiger partial charge on any atom is 0.573 e. The van der Waals surface area contributed by atoms with Crippen molar-refractivity contribution in [2.75, 3.05) is 27.7 Å². The fourth-order valence-electron chi connectivity index (χ4n) is 4.21. The number of halogens is 3. The number of hydrogen-bond acceptors (Lipinski definition) is 3. The number of ether oxygens (including phenoxy) is 2. The van der Waals surface area contributed by atoms with E-state index in [9.17, 15) is 13.2 Å². The molecule has 0 aromatic heterocycles. The Bertz CT molecular complexity index is 655. The van der Waals surface area contributed by atoms with Crippen LogP contribution in [0.2, 0.25) is 0 Å². The Hall–Kier alpha value is -1.69. The summed E-state index contributed by atoms with van der Waals surface area (Å²) in [6.45, 7) is 0.811. The van der Waals surface area contributed by atoms with Gasteiger partial charge in [-0.1, -0.05) is 6.08 Å².